The van der Waals surface area contributed by atoms with Crippen LogP contribution in [-0.2, 0) is 11.2 Å². The van der Waals surface area contributed by atoms with Crippen molar-refractivity contribution in [2.45, 2.75) is 44.7 Å². The molecule has 0 saturated carbocycles. The van der Waals surface area contributed by atoms with Gasteiger partial charge in [0.25, 0.3) is 0 Å². The van der Waals surface area contributed by atoms with Crippen molar-refractivity contribution in [3.05, 3.63) is 35.9 Å². The predicted octanol–water partition coefficient (Wildman–Crippen LogP) is 1.86. The summed E-state index contributed by atoms with van der Waals surface area (Å²) in [5.41, 5.74) is 7.07. The van der Waals surface area contributed by atoms with Gasteiger partial charge in [0.15, 0.2) is 0 Å². The summed E-state index contributed by atoms with van der Waals surface area (Å²) in [4.78, 5) is 11.9. The molecule has 0 fully saturated rings. The molecule has 1 unspecified atom stereocenters. The molecule has 3 heteroatoms. The molecule has 1 rings (SSSR count). The highest BCUT2D eigenvalue weighted by Gasteiger charge is 2.16. The molecule has 19 heavy (non-hydrogen) atoms. The quantitative estimate of drug-likeness (QED) is 0.734. The van der Waals surface area contributed by atoms with Crippen LogP contribution in [0.2, 0.25) is 0 Å². The summed E-state index contributed by atoms with van der Waals surface area (Å²) in [7, 11) is 0. The second-order valence-corrected chi connectivity index (χ2v) is 4.65. The van der Waals surface area contributed by atoms with Crippen LogP contribution in [0.25, 0.3) is 0 Å². The molecule has 2 atom stereocenters. The van der Waals surface area contributed by atoms with Gasteiger partial charge in [-0.3, -0.25) is 4.79 Å². The van der Waals surface area contributed by atoms with Crippen molar-refractivity contribution in [2.24, 2.45) is 5.73 Å². The number of aryl methyl sites for hydroxylation is 1. The van der Waals surface area contributed by atoms with Gasteiger partial charge >= 0.3 is 0 Å². The molecular formula is C16H22N2O. The van der Waals surface area contributed by atoms with Gasteiger partial charge in [0.05, 0.1) is 12.1 Å². The van der Waals surface area contributed by atoms with Gasteiger partial charge in [-0.1, -0.05) is 49.6 Å². The van der Waals surface area contributed by atoms with Crippen molar-refractivity contribution in [2.75, 3.05) is 0 Å². The standard InChI is InChI=1S/C16H22N2O/c1-3-8-14(4-2)18-16(19)15(17)12-11-13-9-6-5-7-10-13/h2,5-7,9-10,14-15H,3,8,11-12,17H2,1H3,(H,18,19)/t14?,15-/m0/s1. The highest BCUT2D eigenvalue weighted by molar-refractivity contribution is 5.82. The molecule has 1 aromatic carbocycles. The first kappa shape index (κ1) is 15.3. The molecule has 0 bridgehead atoms. The summed E-state index contributed by atoms with van der Waals surface area (Å²) in [6.07, 6.45) is 8.51. The Hall–Kier alpha value is -1.79. The minimum Gasteiger partial charge on any atom is -0.341 e. The topological polar surface area (TPSA) is 55.1 Å². The van der Waals surface area contributed by atoms with E-state index in [2.05, 4.69) is 11.2 Å². The molecule has 0 radical (unpaired) electrons. The normalized spacial score (nSPS) is 13.3. The Kier molecular flexibility index (Phi) is 6.70. The van der Waals surface area contributed by atoms with Crippen molar-refractivity contribution in [3.63, 3.8) is 0 Å². The molecule has 3 nitrogen and oxygen atoms in total. The van der Waals surface area contributed by atoms with Crippen molar-refractivity contribution in [1.82, 2.24) is 5.32 Å². The fourth-order valence-corrected chi connectivity index (χ4v) is 1.86. The van der Waals surface area contributed by atoms with E-state index in [-0.39, 0.29) is 11.9 Å². The number of terminal acetylenes is 1. The predicted molar refractivity (Wildman–Crippen MR) is 78.4 cm³/mol. The lowest BCUT2D eigenvalue weighted by Crippen LogP contribution is -2.45. The Labute approximate surface area is 115 Å². The Balaban J connectivity index is 2.38. The van der Waals surface area contributed by atoms with E-state index < -0.39 is 6.04 Å². The fraction of sp³-hybridized carbons (Fsp3) is 0.438. The summed E-state index contributed by atoms with van der Waals surface area (Å²) < 4.78 is 0. The lowest BCUT2D eigenvalue weighted by Gasteiger charge is -2.16. The van der Waals surface area contributed by atoms with Crippen LogP contribution in [0, 0.1) is 12.3 Å². The van der Waals surface area contributed by atoms with Crippen LogP contribution in [0.15, 0.2) is 30.3 Å². The Bertz CT molecular complexity index is 422. The molecule has 0 aliphatic rings. The van der Waals surface area contributed by atoms with E-state index in [1.807, 2.05) is 37.3 Å². The van der Waals surface area contributed by atoms with Crippen molar-refractivity contribution in [3.8, 4) is 12.3 Å². The van der Waals surface area contributed by atoms with E-state index >= 15 is 0 Å². The molecule has 0 aliphatic heterocycles. The Morgan fingerprint density at radius 3 is 2.63 bits per heavy atom. The summed E-state index contributed by atoms with van der Waals surface area (Å²) in [6, 6.07) is 9.29. The number of carbonyl (C=O) groups is 1. The molecule has 0 saturated heterocycles. The maximum absolute atomic E-state index is 11.9. The monoisotopic (exact) mass is 258 g/mol. The van der Waals surface area contributed by atoms with Crippen LogP contribution in [0.3, 0.4) is 0 Å². The second kappa shape index (κ2) is 8.34. The number of benzene rings is 1. The number of amides is 1. The summed E-state index contributed by atoms with van der Waals surface area (Å²) in [6.45, 7) is 2.03. The first-order chi connectivity index (χ1) is 9.17. The molecule has 1 aromatic rings. The molecule has 3 N–H and O–H groups in total. The van der Waals surface area contributed by atoms with Crippen LogP contribution in [0.1, 0.15) is 31.7 Å². The van der Waals surface area contributed by atoms with Crippen molar-refractivity contribution < 1.29 is 4.79 Å². The van der Waals surface area contributed by atoms with Gasteiger partial charge in [-0.2, -0.15) is 0 Å². The lowest BCUT2D eigenvalue weighted by atomic mass is 10.0. The smallest absolute Gasteiger partial charge is 0.237 e. The second-order valence-electron chi connectivity index (χ2n) is 4.65. The zero-order chi connectivity index (χ0) is 14.1. The molecular weight excluding hydrogens is 236 g/mol. The molecule has 102 valence electrons. The van der Waals surface area contributed by atoms with E-state index in [4.69, 9.17) is 12.2 Å². The van der Waals surface area contributed by atoms with Gasteiger partial charge in [-0.05, 0) is 24.8 Å². The molecule has 1 amide bonds. The van der Waals surface area contributed by atoms with Crippen LogP contribution < -0.4 is 11.1 Å². The molecule has 0 spiro atoms. The highest BCUT2D eigenvalue weighted by atomic mass is 16.2. The average molecular weight is 258 g/mol. The number of nitrogens with one attached hydrogen (secondary N) is 1. The van der Waals surface area contributed by atoms with E-state index in [0.717, 1.165) is 19.3 Å². The minimum atomic E-state index is -0.507. The lowest BCUT2D eigenvalue weighted by molar-refractivity contribution is -0.122. The first-order valence-corrected chi connectivity index (χ1v) is 6.73. The fourth-order valence-electron chi connectivity index (χ4n) is 1.86. The Morgan fingerprint density at radius 2 is 2.05 bits per heavy atom. The number of nitrogens with two attached hydrogens (primary N) is 1. The number of hydrogen-bond donors (Lipinski definition) is 2. The third kappa shape index (κ3) is 5.58. The van der Waals surface area contributed by atoms with Gasteiger partial charge in [0, 0.05) is 0 Å². The van der Waals surface area contributed by atoms with Gasteiger partial charge in [0.1, 0.15) is 0 Å². The summed E-state index contributed by atoms with van der Waals surface area (Å²) in [5, 5.41) is 2.80. The summed E-state index contributed by atoms with van der Waals surface area (Å²) >= 11 is 0. The molecule has 0 aromatic heterocycles. The van der Waals surface area contributed by atoms with E-state index in [1.54, 1.807) is 0 Å². The van der Waals surface area contributed by atoms with Gasteiger partial charge in [-0.25, -0.2) is 0 Å². The van der Waals surface area contributed by atoms with Crippen molar-refractivity contribution >= 4 is 5.91 Å². The van der Waals surface area contributed by atoms with Gasteiger partial charge in [-0.15, -0.1) is 6.42 Å². The van der Waals surface area contributed by atoms with Gasteiger partial charge < -0.3 is 11.1 Å². The van der Waals surface area contributed by atoms with Crippen LogP contribution in [0.5, 0.6) is 0 Å². The number of carbonyl (C=O) groups excluding carboxylic acids is 1. The molecule has 0 heterocycles. The average Bonchev–Trinajstić information content (AvgIpc) is 2.45. The maximum atomic E-state index is 11.9. The number of rotatable bonds is 7. The third-order valence-electron chi connectivity index (χ3n) is 3.02. The highest BCUT2D eigenvalue weighted by Crippen LogP contribution is 2.04. The maximum Gasteiger partial charge on any atom is 0.237 e. The molecule has 0 aliphatic carbocycles. The van der Waals surface area contributed by atoms with Crippen LogP contribution in [0.4, 0.5) is 0 Å². The van der Waals surface area contributed by atoms with Crippen LogP contribution in [-0.4, -0.2) is 18.0 Å². The first-order valence-electron chi connectivity index (χ1n) is 6.73. The zero-order valence-corrected chi connectivity index (χ0v) is 11.4. The largest absolute Gasteiger partial charge is 0.341 e. The summed E-state index contributed by atoms with van der Waals surface area (Å²) in [5.74, 6) is 2.42. The zero-order valence-electron chi connectivity index (χ0n) is 11.4. The van der Waals surface area contributed by atoms with Crippen LogP contribution >= 0.6 is 0 Å². The number of hydrogen-bond acceptors (Lipinski definition) is 2. The Morgan fingerprint density at radius 1 is 1.37 bits per heavy atom. The SMILES string of the molecule is C#CC(CCC)NC(=O)[C@@H](N)CCc1ccccc1. The van der Waals surface area contributed by atoms with E-state index in [1.165, 1.54) is 5.56 Å². The van der Waals surface area contributed by atoms with Crippen molar-refractivity contribution in [1.29, 1.82) is 0 Å². The minimum absolute atomic E-state index is 0.160. The van der Waals surface area contributed by atoms with E-state index in [0.29, 0.717) is 6.42 Å². The van der Waals surface area contributed by atoms with E-state index in [9.17, 15) is 4.79 Å². The third-order valence-corrected chi connectivity index (χ3v) is 3.02. The van der Waals surface area contributed by atoms with Gasteiger partial charge in [0.2, 0.25) is 5.91 Å².